The molecule has 0 radical (unpaired) electrons. The van der Waals surface area contributed by atoms with Crippen LogP contribution in [0.3, 0.4) is 0 Å². The van der Waals surface area contributed by atoms with Crippen molar-refractivity contribution < 1.29 is 14.3 Å². The van der Waals surface area contributed by atoms with Gasteiger partial charge in [0.2, 0.25) is 5.91 Å². The van der Waals surface area contributed by atoms with Crippen LogP contribution in [0, 0.1) is 0 Å². The van der Waals surface area contributed by atoms with Gasteiger partial charge >= 0.3 is 0 Å². The number of aromatic nitrogens is 2. The van der Waals surface area contributed by atoms with E-state index in [1.54, 1.807) is 41.7 Å². The molecule has 0 unspecified atom stereocenters. The molecule has 2 amide bonds. The molecular weight excluding hydrogens is 392 g/mol. The minimum atomic E-state index is -0.307. The van der Waals surface area contributed by atoms with E-state index in [0.29, 0.717) is 11.4 Å². The summed E-state index contributed by atoms with van der Waals surface area (Å²) in [5, 5.41) is 11.6. The Morgan fingerprint density at radius 1 is 1.14 bits per heavy atom. The molecule has 2 N–H and O–H groups in total. The molecule has 150 valence electrons. The third kappa shape index (κ3) is 6.01. The maximum atomic E-state index is 12.0. The SMILES string of the molecule is CC(=O)Nc1ccc(OCC(=O)NCCn2nc(-c3cccs3)ccc2=O)cc1. The van der Waals surface area contributed by atoms with E-state index in [0.717, 1.165) is 10.6 Å². The number of anilines is 1. The molecule has 2 heterocycles. The molecule has 1 aromatic carbocycles. The van der Waals surface area contributed by atoms with Crippen LogP contribution in [0.1, 0.15) is 6.92 Å². The smallest absolute Gasteiger partial charge is 0.266 e. The highest BCUT2D eigenvalue weighted by Gasteiger charge is 2.06. The van der Waals surface area contributed by atoms with Gasteiger partial charge in [0.15, 0.2) is 6.61 Å². The molecule has 9 heteroatoms. The molecule has 0 bridgehead atoms. The Kier molecular flexibility index (Phi) is 6.75. The van der Waals surface area contributed by atoms with Crippen LogP contribution in [0.4, 0.5) is 5.69 Å². The minimum absolute atomic E-state index is 0.156. The number of hydrogen-bond acceptors (Lipinski definition) is 6. The van der Waals surface area contributed by atoms with Crippen LogP contribution in [0.15, 0.2) is 58.7 Å². The van der Waals surface area contributed by atoms with Gasteiger partial charge in [-0.15, -0.1) is 11.3 Å². The Hall–Kier alpha value is -3.46. The quantitative estimate of drug-likeness (QED) is 0.590. The van der Waals surface area contributed by atoms with Crippen molar-refractivity contribution in [2.75, 3.05) is 18.5 Å². The number of carbonyl (C=O) groups excluding carboxylic acids is 2. The fraction of sp³-hybridized carbons (Fsp3) is 0.200. The molecule has 0 aliphatic heterocycles. The molecular formula is C20H20N4O4S. The summed E-state index contributed by atoms with van der Waals surface area (Å²) in [5.74, 6) is 0.0433. The van der Waals surface area contributed by atoms with E-state index in [4.69, 9.17) is 4.74 Å². The summed E-state index contributed by atoms with van der Waals surface area (Å²) in [5.41, 5.74) is 1.14. The van der Waals surface area contributed by atoms with Crippen LogP contribution < -0.4 is 20.9 Å². The predicted molar refractivity (Wildman–Crippen MR) is 111 cm³/mol. The fourth-order valence-electron chi connectivity index (χ4n) is 2.50. The van der Waals surface area contributed by atoms with Gasteiger partial charge in [0.05, 0.1) is 11.4 Å². The Labute approximate surface area is 171 Å². The zero-order valence-electron chi connectivity index (χ0n) is 15.8. The van der Waals surface area contributed by atoms with Crippen LogP contribution in [0.5, 0.6) is 5.75 Å². The lowest BCUT2D eigenvalue weighted by Crippen LogP contribution is -2.34. The summed E-state index contributed by atoms with van der Waals surface area (Å²) in [7, 11) is 0. The molecule has 0 aliphatic rings. The van der Waals surface area contributed by atoms with Crippen LogP contribution in [0.2, 0.25) is 0 Å². The second kappa shape index (κ2) is 9.65. The highest BCUT2D eigenvalue weighted by molar-refractivity contribution is 7.13. The Morgan fingerprint density at radius 2 is 1.93 bits per heavy atom. The van der Waals surface area contributed by atoms with Crippen LogP contribution in [-0.2, 0) is 16.1 Å². The van der Waals surface area contributed by atoms with Crippen molar-refractivity contribution in [3.63, 3.8) is 0 Å². The molecule has 2 aromatic heterocycles. The molecule has 0 saturated carbocycles. The average Bonchev–Trinajstić information content (AvgIpc) is 3.23. The summed E-state index contributed by atoms with van der Waals surface area (Å²) in [6.07, 6.45) is 0. The van der Waals surface area contributed by atoms with Crippen LogP contribution in [-0.4, -0.2) is 34.7 Å². The summed E-state index contributed by atoms with van der Waals surface area (Å²) in [4.78, 5) is 35.9. The van der Waals surface area contributed by atoms with Gasteiger partial charge in [0.1, 0.15) is 11.4 Å². The predicted octanol–water partition coefficient (Wildman–Crippen LogP) is 2.13. The molecule has 3 rings (SSSR count). The lowest BCUT2D eigenvalue weighted by molar-refractivity contribution is -0.123. The summed E-state index contributed by atoms with van der Waals surface area (Å²) < 4.78 is 6.75. The van der Waals surface area contributed by atoms with E-state index < -0.39 is 0 Å². The van der Waals surface area contributed by atoms with Gasteiger partial charge in [0, 0.05) is 25.2 Å². The Morgan fingerprint density at radius 3 is 2.62 bits per heavy atom. The van der Waals surface area contributed by atoms with Gasteiger partial charge in [-0.25, -0.2) is 4.68 Å². The van der Waals surface area contributed by atoms with Crippen molar-refractivity contribution in [2.24, 2.45) is 0 Å². The maximum Gasteiger partial charge on any atom is 0.266 e. The van der Waals surface area contributed by atoms with Crippen molar-refractivity contribution >= 4 is 28.8 Å². The van der Waals surface area contributed by atoms with Gasteiger partial charge in [-0.1, -0.05) is 6.07 Å². The Bertz CT molecular complexity index is 1030. The topological polar surface area (TPSA) is 102 Å². The number of benzene rings is 1. The van der Waals surface area contributed by atoms with Gasteiger partial charge in [-0.05, 0) is 41.8 Å². The molecule has 0 atom stereocenters. The first-order valence-electron chi connectivity index (χ1n) is 8.90. The van der Waals surface area contributed by atoms with Crippen LogP contribution >= 0.6 is 11.3 Å². The largest absolute Gasteiger partial charge is 0.484 e. The second-order valence-electron chi connectivity index (χ2n) is 6.10. The summed E-state index contributed by atoms with van der Waals surface area (Å²) >= 11 is 1.54. The van der Waals surface area contributed by atoms with Gasteiger partial charge in [-0.3, -0.25) is 14.4 Å². The van der Waals surface area contributed by atoms with Crippen molar-refractivity contribution in [1.29, 1.82) is 0 Å². The molecule has 29 heavy (non-hydrogen) atoms. The van der Waals surface area contributed by atoms with Gasteiger partial charge in [-0.2, -0.15) is 5.10 Å². The lowest BCUT2D eigenvalue weighted by Gasteiger charge is -2.09. The molecule has 0 saturated heterocycles. The van der Waals surface area contributed by atoms with E-state index in [1.165, 1.54) is 17.7 Å². The first-order valence-corrected chi connectivity index (χ1v) is 9.78. The lowest BCUT2D eigenvalue weighted by atomic mass is 10.3. The first kappa shape index (κ1) is 20.3. The van der Waals surface area contributed by atoms with Gasteiger partial charge in [0.25, 0.3) is 11.5 Å². The number of amides is 2. The summed E-state index contributed by atoms with van der Waals surface area (Å²) in [6, 6.07) is 13.7. The van der Waals surface area contributed by atoms with Crippen molar-refractivity contribution in [3.05, 3.63) is 64.3 Å². The number of nitrogens with one attached hydrogen (secondary N) is 2. The number of rotatable bonds is 8. The Balaban J connectivity index is 1.46. The molecule has 8 nitrogen and oxygen atoms in total. The number of nitrogens with zero attached hydrogens (tertiary/aromatic N) is 2. The van der Waals surface area contributed by atoms with Crippen molar-refractivity contribution in [2.45, 2.75) is 13.5 Å². The highest BCUT2D eigenvalue weighted by atomic mass is 32.1. The normalized spacial score (nSPS) is 10.4. The van der Waals surface area contributed by atoms with E-state index in [-0.39, 0.29) is 37.1 Å². The zero-order chi connectivity index (χ0) is 20.6. The number of carbonyl (C=O) groups is 2. The van der Waals surface area contributed by atoms with Crippen molar-refractivity contribution in [3.8, 4) is 16.3 Å². The average molecular weight is 412 g/mol. The monoisotopic (exact) mass is 412 g/mol. The third-order valence-electron chi connectivity index (χ3n) is 3.83. The fourth-order valence-corrected chi connectivity index (χ4v) is 3.19. The number of ether oxygens (including phenoxy) is 1. The molecule has 0 spiro atoms. The first-order chi connectivity index (χ1) is 14.0. The van der Waals surface area contributed by atoms with Crippen molar-refractivity contribution in [1.82, 2.24) is 15.1 Å². The molecule has 0 aliphatic carbocycles. The zero-order valence-corrected chi connectivity index (χ0v) is 16.6. The number of hydrogen-bond donors (Lipinski definition) is 2. The van der Waals surface area contributed by atoms with Crippen LogP contribution in [0.25, 0.3) is 10.6 Å². The third-order valence-corrected chi connectivity index (χ3v) is 4.72. The van der Waals surface area contributed by atoms with E-state index >= 15 is 0 Å². The molecule has 3 aromatic rings. The van der Waals surface area contributed by atoms with E-state index in [2.05, 4.69) is 15.7 Å². The summed E-state index contributed by atoms with van der Waals surface area (Å²) in [6.45, 7) is 1.79. The van der Waals surface area contributed by atoms with E-state index in [1.807, 2.05) is 17.5 Å². The second-order valence-corrected chi connectivity index (χ2v) is 7.05. The highest BCUT2D eigenvalue weighted by Crippen LogP contribution is 2.21. The van der Waals surface area contributed by atoms with E-state index in [9.17, 15) is 14.4 Å². The van der Waals surface area contributed by atoms with Gasteiger partial charge < -0.3 is 15.4 Å². The minimum Gasteiger partial charge on any atom is -0.484 e. The molecule has 0 fully saturated rings. The standard InChI is InChI=1S/C20H20N4O4S/c1-14(25)22-15-4-6-16(7-5-15)28-13-19(26)21-10-11-24-20(27)9-8-17(23-24)18-3-2-12-29-18/h2-9,12H,10-11,13H2,1H3,(H,21,26)(H,22,25). The maximum absolute atomic E-state index is 12.0. The number of thiophene rings is 1.